The van der Waals surface area contributed by atoms with E-state index in [0.29, 0.717) is 45.9 Å². The maximum Gasteiger partial charge on any atom is 0.303 e. The van der Waals surface area contributed by atoms with Crippen LogP contribution >= 0.6 is 0 Å². The number of aliphatic carboxylic acids is 1. The number of unbranched alkanes of at least 4 members (excludes halogenated alkanes) is 7. The molecule has 0 saturated carbocycles. The number of carbonyl (C=O) groups is 5. The Balaban J connectivity index is 1.31. The second kappa shape index (κ2) is 13.8. The van der Waals surface area contributed by atoms with Crippen LogP contribution in [0.2, 0.25) is 0 Å². The molecule has 0 unspecified atom stereocenters. The second-order valence-electron chi connectivity index (χ2n) is 14.1. The van der Waals surface area contributed by atoms with Crippen molar-refractivity contribution in [2.45, 2.75) is 103 Å². The SMILES string of the molecule is CCCCCCC(CCCCCC)N1C(=O)c2ccc3c4ccc5c6c(ccc(c7ccc(c2c37)C1=O)c64)C(=O)N(CCCCC(=O)O)C5=O. The van der Waals surface area contributed by atoms with Crippen LogP contribution in [0, 0.1) is 0 Å². The smallest absolute Gasteiger partial charge is 0.303 e. The molecule has 7 rings (SSSR count). The molecule has 4 amide bonds. The molecule has 0 radical (unpaired) electrons. The summed E-state index contributed by atoms with van der Waals surface area (Å²) in [5, 5.41) is 15.4. The predicted molar refractivity (Wildman–Crippen MR) is 196 cm³/mol. The summed E-state index contributed by atoms with van der Waals surface area (Å²) in [5.74, 6) is -2.12. The number of hydrogen-bond acceptors (Lipinski definition) is 5. The molecule has 8 nitrogen and oxygen atoms in total. The van der Waals surface area contributed by atoms with Crippen molar-refractivity contribution in [2.24, 2.45) is 0 Å². The zero-order chi connectivity index (χ0) is 35.1. The average Bonchev–Trinajstić information content (AvgIpc) is 3.11. The molecule has 0 saturated heterocycles. The minimum atomic E-state index is -0.905. The fourth-order valence-corrected chi connectivity index (χ4v) is 8.43. The number of fused-ring (bicyclic) bond motifs is 2. The third-order valence-electron chi connectivity index (χ3n) is 10.9. The molecule has 0 spiro atoms. The molecular formula is C42H44N2O6. The summed E-state index contributed by atoms with van der Waals surface area (Å²) in [4.78, 5) is 69.9. The van der Waals surface area contributed by atoms with Crippen LogP contribution in [0.15, 0.2) is 48.5 Å². The Bertz CT molecular complexity index is 2050. The Morgan fingerprint density at radius 3 is 1.36 bits per heavy atom. The number of nitrogens with zero attached hydrogens (tertiary/aromatic N) is 2. The van der Waals surface area contributed by atoms with Gasteiger partial charge in [0.1, 0.15) is 0 Å². The van der Waals surface area contributed by atoms with Crippen LogP contribution in [-0.4, -0.2) is 57.1 Å². The number of carboxylic acid groups (broad SMARTS) is 1. The van der Waals surface area contributed by atoms with Gasteiger partial charge in [-0.3, -0.25) is 33.8 Å². The van der Waals surface area contributed by atoms with Crippen molar-refractivity contribution in [2.75, 3.05) is 6.54 Å². The summed E-state index contributed by atoms with van der Waals surface area (Å²) >= 11 is 0. The van der Waals surface area contributed by atoms with Crippen molar-refractivity contribution >= 4 is 72.7 Å². The highest BCUT2D eigenvalue weighted by atomic mass is 16.4. The summed E-state index contributed by atoms with van der Waals surface area (Å²) in [6.45, 7) is 4.52. The standard InChI is InChI=1S/C42H44N2O6/c1-3-5-7-9-13-25(14-10-8-6-4-2)44-41(49)32-22-18-28-26-16-20-30-37-31(40(48)43(39(30)47)24-12-11-15-34(45)46)21-17-27(35(26)37)29-19-23-33(42(44)50)38(32)36(28)29/h16-23,25H,3-15,24H2,1-2H3,(H,45,46). The summed E-state index contributed by atoms with van der Waals surface area (Å²) in [6.07, 6.45) is 11.1. The van der Waals surface area contributed by atoms with Gasteiger partial charge in [0.15, 0.2) is 0 Å². The minimum Gasteiger partial charge on any atom is -0.481 e. The van der Waals surface area contributed by atoms with E-state index in [1.54, 1.807) is 17.0 Å². The van der Waals surface area contributed by atoms with Gasteiger partial charge in [0.2, 0.25) is 0 Å². The first-order valence-corrected chi connectivity index (χ1v) is 18.4. The summed E-state index contributed by atoms with van der Waals surface area (Å²) in [5.41, 5.74) is 1.98. The molecule has 0 fully saturated rings. The largest absolute Gasteiger partial charge is 0.481 e. The predicted octanol–water partition coefficient (Wildman–Crippen LogP) is 9.49. The van der Waals surface area contributed by atoms with E-state index in [-0.39, 0.29) is 42.6 Å². The van der Waals surface area contributed by atoms with Crippen LogP contribution in [-0.2, 0) is 4.79 Å². The van der Waals surface area contributed by atoms with E-state index in [1.807, 2.05) is 36.4 Å². The molecule has 2 heterocycles. The average molecular weight is 673 g/mol. The number of carboxylic acids is 1. The van der Waals surface area contributed by atoms with Crippen molar-refractivity contribution in [1.29, 1.82) is 0 Å². The van der Waals surface area contributed by atoms with Crippen LogP contribution in [0.5, 0.6) is 0 Å². The highest BCUT2D eigenvalue weighted by molar-refractivity contribution is 6.41. The van der Waals surface area contributed by atoms with Gasteiger partial charge in [-0.15, -0.1) is 0 Å². The lowest BCUT2D eigenvalue weighted by atomic mass is 9.82. The Kier molecular flexibility index (Phi) is 9.29. The van der Waals surface area contributed by atoms with Gasteiger partial charge in [-0.05, 0) is 82.3 Å². The van der Waals surface area contributed by atoms with Gasteiger partial charge in [-0.25, -0.2) is 0 Å². The molecule has 258 valence electrons. The van der Waals surface area contributed by atoms with E-state index >= 15 is 0 Å². The van der Waals surface area contributed by atoms with Crippen molar-refractivity contribution in [1.82, 2.24) is 9.80 Å². The fourth-order valence-electron chi connectivity index (χ4n) is 8.43. The first-order chi connectivity index (χ1) is 24.3. The molecule has 5 aromatic carbocycles. The first kappa shape index (κ1) is 33.6. The molecule has 1 N–H and O–H groups in total. The van der Waals surface area contributed by atoms with Crippen molar-refractivity contribution < 1.29 is 29.1 Å². The molecule has 0 bridgehead atoms. The third-order valence-corrected chi connectivity index (χ3v) is 10.9. The van der Waals surface area contributed by atoms with E-state index < -0.39 is 5.97 Å². The van der Waals surface area contributed by atoms with Crippen LogP contribution in [0.25, 0.3) is 43.1 Å². The third kappa shape index (κ3) is 5.49. The number of hydrogen-bond donors (Lipinski definition) is 1. The Morgan fingerprint density at radius 2 is 0.960 bits per heavy atom. The first-order valence-electron chi connectivity index (χ1n) is 18.4. The summed E-state index contributed by atoms with van der Waals surface area (Å²) < 4.78 is 0. The Hall–Kier alpha value is -4.85. The van der Waals surface area contributed by atoms with Gasteiger partial charge in [0, 0.05) is 52.0 Å². The lowest BCUT2D eigenvalue weighted by molar-refractivity contribution is -0.137. The van der Waals surface area contributed by atoms with Crippen molar-refractivity contribution in [3.05, 3.63) is 70.8 Å². The molecule has 5 aromatic rings. The quantitative estimate of drug-likeness (QED) is 0.0484. The second-order valence-corrected chi connectivity index (χ2v) is 14.1. The molecule has 2 aliphatic heterocycles. The summed E-state index contributed by atoms with van der Waals surface area (Å²) in [7, 11) is 0. The zero-order valence-corrected chi connectivity index (χ0v) is 29.0. The van der Waals surface area contributed by atoms with E-state index in [0.717, 1.165) is 96.5 Å². The van der Waals surface area contributed by atoms with Crippen LogP contribution in [0.4, 0.5) is 0 Å². The molecule has 8 heteroatoms. The summed E-state index contributed by atoms with van der Waals surface area (Å²) in [6, 6.07) is 14.9. The molecule has 0 aliphatic carbocycles. The lowest BCUT2D eigenvalue weighted by Gasteiger charge is -2.35. The van der Waals surface area contributed by atoms with Gasteiger partial charge >= 0.3 is 5.97 Å². The Morgan fingerprint density at radius 1 is 0.540 bits per heavy atom. The van der Waals surface area contributed by atoms with Crippen molar-refractivity contribution in [3.8, 4) is 0 Å². The van der Waals surface area contributed by atoms with Gasteiger partial charge in [0.05, 0.1) is 0 Å². The number of rotatable bonds is 16. The number of amides is 4. The molecule has 50 heavy (non-hydrogen) atoms. The van der Waals surface area contributed by atoms with E-state index in [1.165, 1.54) is 4.90 Å². The highest BCUT2D eigenvalue weighted by Gasteiger charge is 2.39. The van der Waals surface area contributed by atoms with Gasteiger partial charge in [-0.1, -0.05) is 89.5 Å². The van der Waals surface area contributed by atoms with E-state index in [2.05, 4.69) is 13.8 Å². The van der Waals surface area contributed by atoms with E-state index in [4.69, 9.17) is 5.11 Å². The topological polar surface area (TPSA) is 112 Å². The number of carbonyl (C=O) groups excluding carboxylic acids is 4. The monoisotopic (exact) mass is 672 g/mol. The number of benzene rings is 5. The lowest BCUT2D eigenvalue weighted by Crippen LogP contribution is -2.47. The zero-order valence-electron chi connectivity index (χ0n) is 29.0. The fraction of sp³-hybridized carbons (Fsp3) is 0.405. The van der Waals surface area contributed by atoms with Gasteiger partial charge in [-0.2, -0.15) is 0 Å². The van der Waals surface area contributed by atoms with Crippen molar-refractivity contribution in [3.63, 3.8) is 0 Å². The molecular weight excluding hydrogens is 628 g/mol. The molecule has 2 aliphatic rings. The van der Waals surface area contributed by atoms with Gasteiger partial charge < -0.3 is 5.11 Å². The normalized spacial score (nSPS) is 14.5. The minimum absolute atomic E-state index is 0.0165. The highest BCUT2D eigenvalue weighted by Crippen LogP contribution is 2.46. The maximum absolute atomic E-state index is 14.4. The Labute approximate surface area is 291 Å². The maximum atomic E-state index is 14.4. The van der Waals surface area contributed by atoms with Gasteiger partial charge in [0.25, 0.3) is 23.6 Å². The molecule has 0 atom stereocenters. The van der Waals surface area contributed by atoms with Crippen LogP contribution < -0.4 is 0 Å². The van der Waals surface area contributed by atoms with E-state index in [9.17, 15) is 24.0 Å². The molecule has 0 aromatic heterocycles. The van der Waals surface area contributed by atoms with Crippen LogP contribution in [0.3, 0.4) is 0 Å². The number of imide groups is 2. The van der Waals surface area contributed by atoms with Crippen LogP contribution in [0.1, 0.15) is 139 Å².